The zero-order valence-electron chi connectivity index (χ0n) is 23.7. The van der Waals surface area contributed by atoms with Crippen LogP contribution in [0.4, 0.5) is 149 Å². The molecule has 0 N–H and O–H groups in total. The first-order valence-electron chi connectivity index (χ1n) is 12.0. The van der Waals surface area contributed by atoms with Crippen molar-refractivity contribution in [1.29, 1.82) is 0 Å². The SMILES string of the molecule is FC(F)(F)C(F)(F)C(F)(F)C(F)(F)C(F)(F)C(F)(F)C(F)(F)C(F)(F)C1=CC(C(F)(F)C(F)(F)C(F)(F)C(F)(F)C(F)(F)C(F)(F)C(F)(F)C(F)(F)F)C=C1. The topological polar surface area (TPSA) is 0 Å². The van der Waals surface area contributed by atoms with Crippen molar-refractivity contribution in [1.82, 2.24) is 0 Å². The van der Waals surface area contributed by atoms with E-state index in [2.05, 4.69) is 0 Å². The third-order valence-electron chi connectivity index (χ3n) is 7.09. The van der Waals surface area contributed by atoms with Crippen LogP contribution < -0.4 is 0 Å². The summed E-state index contributed by atoms with van der Waals surface area (Å²) in [5, 5.41) is 0. The Morgan fingerprint density at radius 1 is 0.273 bits per heavy atom. The lowest BCUT2D eigenvalue weighted by atomic mass is 9.85. The average molecular weight is 902 g/mol. The van der Waals surface area contributed by atoms with Gasteiger partial charge in [0.05, 0.1) is 5.92 Å². The maximum absolute atomic E-state index is 14.4. The molecular formula is C21H4F34. The predicted molar refractivity (Wildman–Crippen MR) is 102 cm³/mol. The van der Waals surface area contributed by atoms with Crippen LogP contribution in [0.1, 0.15) is 0 Å². The smallest absolute Gasteiger partial charge is 0.199 e. The van der Waals surface area contributed by atoms with E-state index in [1.807, 2.05) is 0 Å². The van der Waals surface area contributed by atoms with Gasteiger partial charge >= 0.3 is 95.3 Å². The molecule has 326 valence electrons. The van der Waals surface area contributed by atoms with E-state index in [4.69, 9.17) is 0 Å². The second-order valence-corrected chi connectivity index (χ2v) is 10.6. The van der Waals surface area contributed by atoms with E-state index in [9.17, 15) is 149 Å². The second-order valence-electron chi connectivity index (χ2n) is 10.6. The molecule has 0 heterocycles. The van der Waals surface area contributed by atoms with Crippen LogP contribution in [0.2, 0.25) is 0 Å². The van der Waals surface area contributed by atoms with E-state index in [-0.39, 0.29) is 0 Å². The maximum atomic E-state index is 14.4. The number of allylic oxidation sites excluding steroid dienone is 4. The Labute approximate surface area is 275 Å². The molecule has 0 spiro atoms. The minimum absolute atomic E-state index is 1.57. The van der Waals surface area contributed by atoms with Crippen molar-refractivity contribution in [2.24, 2.45) is 5.92 Å². The van der Waals surface area contributed by atoms with Crippen molar-refractivity contribution in [3.05, 3.63) is 23.8 Å². The van der Waals surface area contributed by atoms with Crippen molar-refractivity contribution < 1.29 is 149 Å². The number of hydrogen-bond donors (Lipinski definition) is 0. The molecule has 0 fully saturated rings. The lowest BCUT2D eigenvalue weighted by molar-refractivity contribution is -0.462. The zero-order valence-corrected chi connectivity index (χ0v) is 23.7. The number of rotatable bonds is 14. The molecule has 1 rings (SSSR count). The number of alkyl halides is 34. The monoisotopic (exact) mass is 902 g/mol. The maximum Gasteiger partial charge on any atom is 0.460 e. The molecular weight excluding hydrogens is 898 g/mol. The van der Waals surface area contributed by atoms with Crippen molar-refractivity contribution in [2.75, 3.05) is 0 Å². The van der Waals surface area contributed by atoms with Crippen LogP contribution in [-0.2, 0) is 0 Å². The summed E-state index contributed by atoms with van der Waals surface area (Å²) in [5.74, 6) is -129. The van der Waals surface area contributed by atoms with Gasteiger partial charge in [-0.15, -0.1) is 0 Å². The quantitative estimate of drug-likeness (QED) is 0.152. The van der Waals surface area contributed by atoms with Crippen molar-refractivity contribution in [3.8, 4) is 0 Å². The normalized spacial score (nSPS) is 19.3. The van der Waals surface area contributed by atoms with Gasteiger partial charge in [0, 0.05) is 5.57 Å². The van der Waals surface area contributed by atoms with E-state index in [1.54, 1.807) is 0 Å². The molecule has 1 atom stereocenters. The van der Waals surface area contributed by atoms with E-state index in [0.29, 0.717) is 0 Å². The number of hydrogen-bond acceptors (Lipinski definition) is 0. The highest BCUT2D eigenvalue weighted by Crippen LogP contribution is 2.67. The van der Waals surface area contributed by atoms with Crippen LogP contribution in [0.25, 0.3) is 0 Å². The Morgan fingerprint density at radius 2 is 0.491 bits per heavy atom. The molecule has 1 unspecified atom stereocenters. The standard InChI is InChI=1S/C21H4F34/c22-6(23,8(26,27)10(30,31)12(34,35)14(38,39)16(42,43)18(46,47)20(50,51)52)4-1-2-5(3-4)7(24,25)9(28,29)11(32,33)13(36,37)15(40,41)17(44,45)19(48,49)21(53,54)55/h1-4H. The van der Waals surface area contributed by atoms with Crippen molar-refractivity contribution in [2.45, 2.75) is 95.3 Å². The highest BCUT2D eigenvalue weighted by atomic mass is 19.4. The minimum Gasteiger partial charge on any atom is -0.199 e. The Kier molecular flexibility index (Phi) is 11.2. The van der Waals surface area contributed by atoms with Crippen LogP contribution in [0, 0.1) is 5.92 Å². The highest BCUT2D eigenvalue weighted by molar-refractivity contribution is 5.40. The molecule has 34 heteroatoms. The largest absolute Gasteiger partial charge is 0.460 e. The van der Waals surface area contributed by atoms with Gasteiger partial charge in [-0.25, -0.2) is 0 Å². The molecule has 0 aliphatic heterocycles. The summed E-state index contributed by atoms with van der Waals surface area (Å²) in [4.78, 5) is 0. The predicted octanol–water partition coefficient (Wildman–Crippen LogP) is 12.1. The molecule has 0 aromatic heterocycles. The molecule has 1 aliphatic carbocycles. The molecule has 0 aromatic rings. The minimum atomic E-state index is -9.33. The lowest BCUT2D eigenvalue weighted by Gasteiger charge is -2.43. The third-order valence-corrected chi connectivity index (χ3v) is 7.09. The van der Waals surface area contributed by atoms with Crippen LogP contribution in [-0.4, -0.2) is 95.3 Å². The summed E-state index contributed by atoms with van der Waals surface area (Å²) in [7, 11) is 0. The van der Waals surface area contributed by atoms with Gasteiger partial charge in [-0.1, -0.05) is 18.2 Å². The van der Waals surface area contributed by atoms with Crippen LogP contribution in [0.15, 0.2) is 23.8 Å². The van der Waals surface area contributed by atoms with Gasteiger partial charge < -0.3 is 0 Å². The molecule has 0 saturated heterocycles. The van der Waals surface area contributed by atoms with E-state index >= 15 is 0 Å². The van der Waals surface area contributed by atoms with Gasteiger partial charge in [-0.05, 0) is 0 Å². The summed E-state index contributed by atoms with van der Waals surface area (Å²) < 4.78 is 456. The van der Waals surface area contributed by atoms with Gasteiger partial charge in [0.1, 0.15) is 0 Å². The van der Waals surface area contributed by atoms with Crippen molar-refractivity contribution in [3.63, 3.8) is 0 Å². The molecule has 0 aromatic carbocycles. The molecule has 55 heavy (non-hydrogen) atoms. The first-order chi connectivity index (χ1) is 23.2. The van der Waals surface area contributed by atoms with Gasteiger partial charge in [-0.3, -0.25) is 0 Å². The Hall–Kier alpha value is -2.90. The summed E-state index contributed by atoms with van der Waals surface area (Å²) in [6, 6.07) is 0. The van der Waals surface area contributed by atoms with E-state index in [1.165, 1.54) is 0 Å². The Balaban J connectivity index is 3.87. The van der Waals surface area contributed by atoms with Gasteiger partial charge in [-0.2, -0.15) is 149 Å². The van der Waals surface area contributed by atoms with E-state index < -0.39 is 125 Å². The Bertz CT molecular complexity index is 1490. The molecule has 0 saturated carbocycles. The summed E-state index contributed by atoms with van der Waals surface area (Å²) in [6.07, 6.45) is -21.7. The zero-order chi connectivity index (χ0) is 45.3. The summed E-state index contributed by atoms with van der Waals surface area (Å²) in [5.41, 5.74) is -3.89. The second kappa shape index (κ2) is 12.3. The third kappa shape index (κ3) is 5.93. The van der Waals surface area contributed by atoms with Gasteiger partial charge in [0.25, 0.3) is 0 Å². The van der Waals surface area contributed by atoms with Gasteiger partial charge in [0.15, 0.2) is 0 Å². The first-order valence-corrected chi connectivity index (χ1v) is 12.0. The fourth-order valence-electron chi connectivity index (χ4n) is 3.68. The fraction of sp³-hybridized carbons (Fsp3) is 0.810. The number of halogens is 34. The average Bonchev–Trinajstić information content (AvgIpc) is 3.47. The fourth-order valence-corrected chi connectivity index (χ4v) is 3.68. The molecule has 0 bridgehead atoms. The molecule has 0 radical (unpaired) electrons. The van der Waals surface area contributed by atoms with Crippen LogP contribution >= 0.6 is 0 Å². The molecule has 0 nitrogen and oxygen atoms in total. The summed E-state index contributed by atoms with van der Waals surface area (Å²) >= 11 is 0. The molecule has 0 amide bonds. The Morgan fingerprint density at radius 3 is 0.745 bits per heavy atom. The van der Waals surface area contributed by atoms with E-state index in [0.717, 1.165) is 0 Å². The van der Waals surface area contributed by atoms with Crippen LogP contribution in [0.3, 0.4) is 0 Å². The van der Waals surface area contributed by atoms with Crippen molar-refractivity contribution >= 4 is 0 Å². The lowest BCUT2D eigenvalue weighted by Crippen LogP contribution is -2.74. The first kappa shape index (κ1) is 50.1. The summed E-state index contributed by atoms with van der Waals surface area (Å²) in [6.45, 7) is 0. The van der Waals surface area contributed by atoms with Gasteiger partial charge in [0.2, 0.25) is 0 Å². The highest BCUT2D eigenvalue weighted by Gasteiger charge is 2.97. The molecule has 1 aliphatic rings. The van der Waals surface area contributed by atoms with Crippen LogP contribution in [0.5, 0.6) is 0 Å².